The highest BCUT2D eigenvalue weighted by Crippen LogP contribution is 2.38. The van der Waals surface area contributed by atoms with E-state index in [1.807, 2.05) is 6.92 Å². The zero-order chi connectivity index (χ0) is 19.5. The Morgan fingerprint density at radius 2 is 1.92 bits per heavy atom. The van der Waals surface area contributed by atoms with Crippen molar-refractivity contribution in [1.29, 1.82) is 0 Å². The van der Waals surface area contributed by atoms with Gasteiger partial charge in [0, 0.05) is 18.8 Å². The Hall–Kier alpha value is -1.64. The summed E-state index contributed by atoms with van der Waals surface area (Å²) < 4.78 is 31.5. The van der Waals surface area contributed by atoms with E-state index in [-0.39, 0.29) is 27.5 Å². The lowest BCUT2D eigenvalue weighted by Gasteiger charge is -2.19. The Bertz CT molecular complexity index is 792. The van der Waals surface area contributed by atoms with Gasteiger partial charge in [0.2, 0.25) is 10.0 Å². The molecule has 0 bridgehead atoms. The summed E-state index contributed by atoms with van der Waals surface area (Å²) in [5.41, 5.74) is 0.265. The van der Waals surface area contributed by atoms with Gasteiger partial charge in [-0.2, -0.15) is 4.31 Å². The Labute approximate surface area is 158 Å². The number of anilines is 1. The molecule has 1 aliphatic carbocycles. The molecule has 0 heterocycles. The fourth-order valence-corrected chi connectivity index (χ4v) is 4.53. The van der Waals surface area contributed by atoms with E-state index in [1.165, 1.54) is 22.5 Å². The van der Waals surface area contributed by atoms with Crippen LogP contribution < -0.4 is 5.32 Å². The van der Waals surface area contributed by atoms with E-state index < -0.39 is 22.5 Å². The smallest absolute Gasteiger partial charge is 0.309 e. The van der Waals surface area contributed by atoms with Crippen LogP contribution in [0.2, 0.25) is 5.02 Å². The molecule has 0 saturated heterocycles. The number of amides is 1. The molecule has 0 aromatic heterocycles. The van der Waals surface area contributed by atoms with Crippen molar-refractivity contribution < 1.29 is 22.7 Å². The van der Waals surface area contributed by atoms with Crippen LogP contribution in [0.3, 0.4) is 0 Å². The van der Waals surface area contributed by atoms with Crippen LogP contribution in [-0.4, -0.2) is 44.3 Å². The first-order valence-electron chi connectivity index (χ1n) is 8.46. The van der Waals surface area contributed by atoms with Gasteiger partial charge in [-0.1, -0.05) is 32.4 Å². The minimum Gasteiger partial charge on any atom is -0.455 e. The normalized spacial score (nSPS) is 19.3. The van der Waals surface area contributed by atoms with Gasteiger partial charge in [-0.15, -0.1) is 0 Å². The Kier molecular flexibility index (Phi) is 6.65. The number of esters is 1. The van der Waals surface area contributed by atoms with E-state index in [4.69, 9.17) is 16.3 Å². The quantitative estimate of drug-likeness (QED) is 0.674. The second-order valence-corrected chi connectivity index (χ2v) is 8.52. The van der Waals surface area contributed by atoms with Crippen molar-refractivity contribution in [3.63, 3.8) is 0 Å². The summed E-state index contributed by atoms with van der Waals surface area (Å²) >= 11 is 6.05. The van der Waals surface area contributed by atoms with Crippen LogP contribution in [0.1, 0.15) is 27.2 Å². The molecule has 9 heteroatoms. The molecule has 1 N–H and O–H groups in total. The maximum atomic E-state index is 12.6. The second kappa shape index (κ2) is 8.37. The highest BCUT2D eigenvalue weighted by atomic mass is 35.5. The minimum atomic E-state index is -3.76. The number of rotatable bonds is 8. The van der Waals surface area contributed by atoms with E-state index in [1.54, 1.807) is 13.8 Å². The van der Waals surface area contributed by atoms with Crippen LogP contribution in [0.15, 0.2) is 23.1 Å². The Morgan fingerprint density at radius 3 is 2.46 bits per heavy atom. The molecular weight excluding hydrogens is 380 g/mol. The molecule has 2 atom stereocenters. The maximum absolute atomic E-state index is 12.6. The van der Waals surface area contributed by atoms with Gasteiger partial charge < -0.3 is 10.1 Å². The first-order chi connectivity index (χ1) is 12.2. The summed E-state index contributed by atoms with van der Waals surface area (Å²) in [7, 11) is -3.76. The molecule has 0 radical (unpaired) electrons. The van der Waals surface area contributed by atoms with Gasteiger partial charge in [0.15, 0.2) is 6.61 Å². The van der Waals surface area contributed by atoms with Crippen molar-refractivity contribution in [3.8, 4) is 0 Å². The van der Waals surface area contributed by atoms with E-state index in [9.17, 15) is 18.0 Å². The average Bonchev–Trinajstić information content (AvgIpc) is 3.32. The third kappa shape index (κ3) is 4.75. The summed E-state index contributed by atoms with van der Waals surface area (Å²) in [5.74, 6) is -0.743. The molecule has 1 amide bonds. The number of hydrogen-bond donors (Lipinski definition) is 1. The molecule has 1 aromatic rings. The summed E-state index contributed by atoms with van der Waals surface area (Å²) in [6.45, 7) is 5.61. The highest BCUT2D eigenvalue weighted by molar-refractivity contribution is 7.89. The lowest BCUT2D eigenvalue weighted by atomic mass is 10.3. The molecule has 0 spiro atoms. The number of carbonyl (C=O) groups excluding carboxylic acids is 2. The van der Waals surface area contributed by atoms with Crippen molar-refractivity contribution >= 4 is 39.2 Å². The number of nitrogens with zero attached hydrogens (tertiary/aromatic N) is 1. The molecular formula is C17H23ClN2O5S. The predicted molar refractivity (Wildman–Crippen MR) is 98.4 cm³/mol. The Morgan fingerprint density at radius 1 is 1.31 bits per heavy atom. The van der Waals surface area contributed by atoms with Crippen molar-refractivity contribution in [2.24, 2.45) is 11.8 Å². The number of ether oxygens (including phenoxy) is 1. The SMILES string of the molecule is CCN(CC)S(=O)(=O)c1cc(NC(=O)COC(=O)[C@@H]2C[C@@H]2C)ccc1Cl. The molecule has 144 valence electrons. The van der Waals surface area contributed by atoms with Crippen LogP contribution in [0.4, 0.5) is 5.69 Å². The third-order valence-corrected chi connectivity index (χ3v) is 6.83. The summed E-state index contributed by atoms with van der Waals surface area (Å²) in [6.07, 6.45) is 0.782. The summed E-state index contributed by atoms with van der Waals surface area (Å²) in [4.78, 5) is 23.5. The first kappa shape index (κ1) is 20.7. The molecule has 0 aliphatic heterocycles. The van der Waals surface area contributed by atoms with E-state index in [0.29, 0.717) is 19.0 Å². The summed E-state index contributed by atoms with van der Waals surface area (Å²) in [6, 6.07) is 4.20. The lowest BCUT2D eigenvalue weighted by molar-refractivity contribution is -0.148. The van der Waals surface area contributed by atoms with Crippen LogP contribution in [-0.2, 0) is 24.3 Å². The van der Waals surface area contributed by atoms with E-state index in [2.05, 4.69) is 5.32 Å². The van der Waals surface area contributed by atoms with Gasteiger partial charge in [-0.3, -0.25) is 9.59 Å². The minimum absolute atomic E-state index is 0.0732. The van der Waals surface area contributed by atoms with Gasteiger partial charge in [0.05, 0.1) is 10.9 Å². The fraction of sp³-hybridized carbons (Fsp3) is 0.529. The number of hydrogen-bond acceptors (Lipinski definition) is 5. The number of nitrogens with one attached hydrogen (secondary N) is 1. The molecule has 1 fully saturated rings. The van der Waals surface area contributed by atoms with Crippen molar-refractivity contribution in [1.82, 2.24) is 4.31 Å². The highest BCUT2D eigenvalue weighted by Gasteiger charge is 2.40. The maximum Gasteiger partial charge on any atom is 0.309 e. The molecule has 0 unspecified atom stereocenters. The Balaban J connectivity index is 2.06. The van der Waals surface area contributed by atoms with Gasteiger partial charge in [-0.05, 0) is 30.5 Å². The third-order valence-electron chi connectivity index (χ3n) is 4.30. The van der Waals surface area contributed by atoms with Gasteiger partial charge >= 0.3 is 5.97 Å². The van der Waals surface area contributed by atoms with Crippen LogP contribution >= 0.6 is 11.6 Å². The van der Waals surface area contributed by atoms with Crippen LogP contribution in [0, 0.1) is 11.8 Å². The summed E-state index contributed by atoms with van der Waals surface area (Å²) in [5, 5.41) is 2.60. The number of halogens is 1. The largest absolute Gasteiger partial charge is 0.455 e. The lowest BCUT2D eigenvalue weighted by Crippen LogP contribution is -2.31. The fourth-order valence-electron chi connectivity index (χ4n) is 2.57. The zero-order valence-electron chi connectivity index (χ0n) is 15.0. The van der Waals surface area contributed by atoms with Gasteiger partial charge in [0.25, 0.3) is 5.91 Å². The number of carbonyl (C=O) groups is 2. The second-order valence-electron chi connectivity index (χ2n) is 6.21. The van der Waals surface area contributed by atoms with E-state index >= 15 is 0 Å². The number of benzene rings is 1. The average molecular weight is 403 g/mol. The monoisotopic (exact) mass is 402 g/mol. The topological polar surface area (TPSA) is 92.8 Å². The standard InChI is InChI=1S/C17H23ClN2O5S/c1-4-20(5-2)26(23,24)15-9-12(6-7-14(15)18)19-16(21)10-25-17(22)13-8-11(13)3/h6-7,9,11,13H,4-5,8,10H2,1-3H3,(H,19,21)/t11-,13+/m0/s1. The number of sulfonamides is 1. The van der Waals surface area contributed by atoms with Crippen molar-refractivity contribution in [2.75, 3.05) is 25.0 Å². The molecule has 1 aliphatic rings. The van der Waals surface area contributed by atoms with Gasteiger partial charge in [-0.25, -0.2) is 8.42 Å². The first-order valence-corrected chi connectivity index (χ1v) is 10.3. The van der Waals surface area contributed by atoms with Crippen molar-refractivity contribution in [2.45, 2.75) is 32.1 Å². The van der Waals surface area contributed by atoms with Crippen LogP contribution in [0.25, 0.3) is 0 Å². The molecule has 1 saturated carbocycles. The molecule has 2 rings (SSSR count). The zero-order valence-corrected chi connectivity index (χ0v) is 16.6. The predicted octanol–water partition coefficient (Wildman–Crippen LogP) is 2.51. The van der Waals surface area contributed by atoms with Gasteiger partial charge in [0.1, 0.15) is 4.90 Å². The van der Waals surface area contributed by atoms with E-state index in [0.717, 1.165) is 6.42 Å². The van der Waals surface area contributed by atoms with Crippen molar-refractivity contribution in [3.05, 3.63) is 23.2 Å². The molecule has 26 heavy (non-hydrogen) atoms. The molecule has 1 aromatic carbocycles. The molecule has 7 nitrogen and oxygen atoms in total. The van der Waals surface area contributed by atoms with Crippen LogP contribution in [0.5, 0.6) is 0 Å².